The van der Waals surface area contributed by atoms with Gasteiger partial charge in [0.1, 0.15) is 0 Å². The lowest BCUT2D eigenvalue weighted by molar-refractivity contribution is 0.348. The van der Waals surface area contributed by atoms with Crippen molar-refractivity contribution in [3.05, 3.63) is 29.3 Å². The molecule has 0 aromatic heterocycles. The molecule has 82 valence electrons. The molecule has 15 heavy (non-hydrogen) atoms. The molecule has 0 aliphatic heterocycles. The Labute approximate surface area is 92.7 Å². The Kier molecular flexibility index (Phi) is 2.99. The zero-order valence-electron chi connectivity index (χ0n) is 9.79. The minimum Gasteiger partial charge on any atom is -0.399 e. The number of hydrogen-bond acceptors (Lipinski definition) is 1. The summed E-state index contributed by atoms with van der Waals surface area (Å²) in [6.07, 6.45) is 5.42. The Morgan fingerprint density at radius 2 is 1.80 bits per heavy atom. The van der Waals surface area contributed by atoms with Crippen LogP contribution in [0.1, 0.15) is 49.7 Å². The lowest BCUT2D eigenvalue weighted by Crippen LogP contribution is -2.11. The third-order valence-electron chi connectivity index (χ3n) is 3.79. The van der Waals surface area contributed by atoms with E-state index in [1.165, 1.54) is 36.8 Å². The number of anilines is 1. The summed E-state index contributed by atoms with van der Waals surface area (Å²) in [5.41, 5.74) is 9.55. The molecular formula is C14H21N. The first kappa shape index (κ1) is 10.5. The molecule has 2 N–H and O–H groups in total. The molecule has 1 aliphatic rings. The van der Waals surface area contributed by atoms with Crippen LogP contribution in [0.15, 0.2) is 18.2 Å². The van der Waals surface area contributed by atoms with Crippen LogP contribution in [0.2, 0.25) is 0 Å². The minimum absolute atomic E-state index is 0.754. The molecule has 1 nitrogen and oxygen atoms in total. The number of rotatable bonds is 1. The van der Waals surface area contributed by atoms with E-state index in [2.05, 4.69) is 32.0 Å². The summed E-state index contributed by atoms with van der Waals surface area (Å²) >= 11 is 0. The molecule has 0 heterocycles. The number of hydrogen-bond donors (Lipinski definition) is 1. The second-order valence-corrected chi connectivity index (χ2v) is 5.07. The van der Waals surface area contributed by atoms with Gasteiger partial charge in [-0.3, -0.25) is 0 Å². The van der Waals surface area contributed by atoms with Crippen molar-refractivity contribution in [1.82, 2.24) is 0 Å². The van der Waals surface area contributed by atoms with Crippen molar-refractivity contribution < 1.29 is 0 Å². The first-order valence-corrected chi connectivity index (χ1v) is 6.03. The van der Waals surface area contributed by atoms with Crippen molar-refractivity contribution in [3.8, 4) is 0 Å². The lowest BCUT2D eigenvalue weighted by atomic mass is 9.79. The summed E-state index contributed by atoms with van der Waals surface area (Å²) in [5.74, 6) is 1.67. The Balaban J connectivity index is 2.12. The van der Waals surface area contributed by atoms with Crippen molar-refractivity contribution in [2.75, 3.05) is 5.73 Å². The molecule has 2 rings (SSSR count). The van der Waals surface area contributed by atoms with E-state index in [1.807, 2.05) is 0 Å². The highest BCUT2D eigenvalue weighted by Crippen LogP contribution is 2.36. The topological polar surface area (TPSA) is 26.0 Å². The van der Waals surface area contributed by atoms with E-state index in [0.717, 1.165) is 17.5 Å². The molecule has 1 aliphatic carbocycles. The van der Waals surface area contributed by atoms with Crippen molar-refractivity contribution in [2.24, 2.45) is 5.92 Å². The van der Waals surface area contributed by atoms with Crippen LogP contribution in [0.4, 0.5) is 5.69 Å². The molecule has 0 atom stereocenters. The van der Waals surface area contributed by atoms with Crippen LogP contribution in [0.3, 0.4) is 0 Å². The van der Waals surface area contributed by atoms with E-state index in [0.29, 0.717) is 0 Å². The summed E-state index contributed by atoms with van der Waals surface area (Å²) in [6, 6.07) is 6.59. The van der Waals surface area contributed by atoms with Gasteiger partial charge in [-0.25, -0.2) is 0 Å². The van der Waals surface area contributed by atoms with Crippen LogP contribution in [-0.4, -0.2) is 0 Å². The van der Waals surface area contributed by atoms with Gasteiger partial charge < -0.3 is 5.73 Å². The van der Waals surface area contributed by atoms with Crippen LogP contribution in [0.5, 0.6) is 0 Å². The zero-order chi connectivity index (χ0) is 10.8. The molecule has 1 saturated carbocycles. The summed E-state index contributed by atoms with van der Waals surface area (Å²) in [7, 11) is 0. The van der Waals surface area contributed by atoms with Crippen molar-refractivity contribution in [1.29, 1.82) is 0 Å². The average Bonchev–Trinajstić information content (AvgIpc) is 2.23. The third-order valence-corrected chi connectivity index (χ3v) is 3.79. The average molecular weight is 203 g/mol. The lowest BCUT2D eigenvalue weighted by Gasteiger charge is -2.26. The van der Waals surface area contributed by atoms with Gasteiger partial charge >= 0.3 is 0 Å². The highest BCUT2D eigenvalue weighted by Gasteiger charge is 2.19. The van der Waals surface area contributed by atoms with Crippen LogP contribution in [-0.2, 0) is 0 Å². The zero-order valence-corrected chi connectivity index (χ0v) is 9.79. The molecular weight excluding hydrogens is 182 g/mol. The summed E-state index contributed by atoms with van der Waals surface area (Å²) in [4.78, 5) is 0. The van der Waals surface area contributed by atoms with Gasteiger partial charge in [0.15, 0.2) is 0 Å². The van der Waals surface area contributed by atoms with Crippen molar-refractivity contribution in [3.63, 3.8) is 0 Å². The molecule has 0 amide bonds. The van der Waals surface area contributed by atoms with E-state index in [-0.39, 0.29) is 0 Å². The molecule has 0 unspecified atom stereocenters. The van der Waals surface area contributed by atoms with E-state index in [4.69, 9.17) is 5.73 Å². The van der Waals surface area contributed by atoms with Gasteiger partial charge in [-0.05, 0) is 48.8 Å². The fourth-order valence-corrected chi connectivity index (χ4v) is 2.51. The van der Waals surface area contributed by atoms with E-state index in [1.54, 1.807) is 0 Å². The van der Waals surface area contributed by atoms with Gasteiger partial charge in [-0.15, -0.1) is 0 Å². The molecule has 1 heteroatoms. The van der Waals surface area contributed by atoms with Gasteiger partial charge in [-0.2, -0.15) is 0 Å². The Bertz CT molecular complexity index is 335. The molecule has 1 aromatic carbocycles. The largest absolute Gasteiger partial charge is 0.399 e. The van der Waals surface area contributed by atoms with E-state index in [9.17, 15) is 0 Å². The first-order valence-electron chi connectivity index (χ1n) is 6.03. The SMILES string of the molecule is Cc1ccc(C2CCC(C)CC2)cc1N. The maximum atomic E-state index is 5.95. The monoisotopic (exact) mass is 203 g/mol. The normalized spacial score (nSPS) is 26.5. The predicted octanol–water partition coefficient (Wildman–Crippen LogP) is 3.87. The summed E-state index contributed by atoms with van der Waals surface area (Å²) in [6.45, 7) is 4.43. The van der Waals surface area contributed by atoms with E-state index >= 15 is 0 Å². The van der Waals surface area contributed by atoms with Crippen LogP contribution in [0.25, 0.3) is 0 Å². The number of nitrogens with two attached hydrogens (primary N) is 1. The Morgan fingerprint density at radius 1 is 1.13 bits per heavy atom. The van der Waals surface area contributed by atoms with Gasteiger partial charge in [-0.1, -0.05) is 31.9 Å². The molecule has 0 spiro atoms. The maximum Gasteiger partial charge on any atom is 0.0346 e. The van der Waals surface area contributed by atoms with Crippen LogP contribution < -0.4 is 5.73 Å². The fourth-order valence-electron chi connectivity index (χ4n) is 2.51. The minimum atomic E-state index is 0.754. The van der Waals surface area contributed by atoms with Gasteiger partial charge in [0.25, 0.3) is 0 Å². The van der Waals surface area contributed by atoms with Gasteiger partial charge in [0, 0.05) is 5.69 Å². The van der Waals surface area contributed by atoms with Crippen LogP contribution >= 0.6 is 0 Å². The molecule has 0 bridgehead atoms. The quantitative estimate of drug-likeness (QED) is 0.689. The first-order chi connectivity index (χ1) is 7.16. The summed E-state index contributed by atoms with van der Waals surface area (Å²) in [5, 5.41) is 0. The highest BCUT2D eigenvalue weighted by molar-refractivity contribution is 5.49. The maximum absolute atomic E-state index is 5.95. The van der Waals surface area contributed by atoms with E-state index < -0.39 is 0 Å². The summed E-state index contributed by atoms with van der Waals surface area (Å²) < 4.78 is 0. The predicted molar refractivity (Wildman–Crippen MR) is 66.0 cm³/mol. The smallest absolute Gasteiger partial charge is 0.0346 e. The number of benzene rings is 1. The number of nitrogen functional groups attached to an aromatic ring is 1. The fraction of sp³-hybridized carbons (Fsp3) is 0.571. The Morgan fingerprint density at radius 3 is 2.40 bits per heavy atom. The second-order valence-electron chi connectivity index (χ2n) is 5.07. The van der Waals surface area contributed by atoms with Crippen molar-refractivity contribution in [2.45, 2.75) is 45.4 Å². The molecule has 1 aromatic rings. The van der Waals surface area contributed by atoms with Gasteiger partial charge in [0.05, 0.1) is 0 Å². The highest BCUT2D eigenvalue weighted by atomic mass is 14.6. The van der Waals surface area contributed by atoms with Crippen LogP contribution in [0, 0.1) is 12.8 Å². The standard InChI is InChI=1S/C14H21N/c1-10-3-6-12(7-4-10)13-8-5-11(2)14(15)9-13/h5,8-10,12H,3-4,6-7,15H2,1-2H3. The second kappa shape index (κ2) is 4.26. The van der Waals surface area contributed by atoms with Crippen molar-refractivity contribution >= 4 is 5.69 Å². The Hall–Kier alpha value is -0.980. The molecule has 0 radical (unpaired) electrons. The third kappa shape index (κ3) is 2.34. The molecule has 0 saturated heterocycles. The number of aryl methyl sites for hydroxylation is 1. The molecule has 1 fully saturated rings. The van der Waals surface area contributed by atoms with Gasteiger partial charge in [0.2, 0.25) is 0 Å².